The molecule has 1 aromatic heterocycles. The molecule has 104 valence electrons. The Morgan fingerprint density at radius 1 is 1.53 bits per heavy atom. The summed E-state index contributed by atoms with van der Waals surface area (Å²) in [6, 6.07) is 1.26. The molecule has 0 spiro atoms. The van der Waals surface area contributed by atoms with Crippen molar-refractivity contribution in [3.63, 3.8) is 0 Å². The first kappa shape index (κ1) is 15.2. The van der Waals surface area contributed by atoms with Gasteiger partial charge in [-0.05, 0) is 0 Å². The predicted octanol–water partition coefficient (Wildman–Crippen LogP) is -1.08. The van der Waals surface area contributed by atoms with Crippen LogP contribution in [0.25, 0.3) is 0 Å². The summed E-state index contributed by atoms with van der Waals surface area (Å²) < 4.78 is 6.56. The Morgan fingerprint density at radius 3 is 2.89 bits per heavy atom. The minimum atomic E-state index is -1.00. The number of aromatic nitrogens is 2. The van der Waals surface area contributed by atoms with Crippen LogP contribution in [0.15, 0.2) is 22.2 Å². The number of carbonyl (C=O) groups excluding carboxylic acids is 1. The van der Waals surface area contributed by atoms with E-state index in [4.69, 9.17) is 15.6 Å². The summed E-state index contributed by atoms with van der Waals surface area (Å²) in [7, 11) is 0. The number of primary amides is 1. The van der Waals surface area contributed by atoms with Crippen molar-refractivity contribution in [2.75, 3.05) is 19.0 Å². The molecule has 0 aliphatic rings. The molecule has 19 heavy (non-hydrogen) atoms. The lowest BCUT2D eigenvalue weighted by Crippen LogP contribution is -2.21. The molecule has 0 unspecified atom stereocenters. The number of carbonyl (C=O) groups is 2. The third-order valence-corrected chi connectivity index (χ3v) is 2.87. The fourth-order valence-corrected chi connectivity index (χ4v) is 1.89. The molecule has 8 nitrogen and oxygen atoms in total. The highest BCUT2D eigenvalue weighted by molar-refractivity contribution is 7.99. The third-order valence-electron chi connectivity index (χ3n) is 1.89. The van der Waals surface area contributed by atoms with Crippen LogP contribution >= 0.6 is 11.8 Å². The lowest BCUT2D eigenvalue weighted by Gasteiger charge is -2.10. The maximum Gasteiger partial charge on any atom is 0.313 e. The Balaban J connectivity index is 2.62. The molecule has 0 saturated heterocycles. The van der Waals surface area contributed by atoms with Crippen LogP contribution in [0.1, 0.15) is 0 Å². The number of hydrogen-bond acceptors (Lipinski definition) is 6. The Morgan fingerprint density at radius 2 is 2.26 bits per heavy atom. The van der Waals surface area contributed by atoms with Gasteiger partial charge in [-0.2, -0.15) is 4.98 Å². The number of aliphatic carboxylic acids is 1. The van der Waals surface area contributed by atoms with E-state index in [0.717, 1.165) is 11.8 Å². The summed E-state index contributed by atoms with van der Waals surface area (Å²) in [6.45, 7) is 0.349. The van der Waals surface area contributed by atoms with E-state index in [1.807, 2.05) is 0 Å². The molecular weight excluding hydrogens is 274 g/mol. The highest BCUT2D eigenvalue weighted by Gasteiger charge is 2.07. The van der Waals surface area contributed by atoms with E-state index in [2.05, 4.69) is 4.98 Å². The second-order valence-electron chi connectivity index (χ2n) is 3.44. The topological polar surface area (TPSA) is 125 Å². The SMILES string of the molecule is NC(=O)COCCn1ccc(=O)nc1SCC(=O)O. The van der Waals surface area contributed by atoms with Crippen LogP contribution in [-0.4, -0.2) is 45.5 Å². The monoisotopic (exact) mass is 287 g/mol. The second kappa shape index (κ2) is 7.54. The standard InChI is InChI=1S/C10H13N3O5S/c11-7(14)5-18-4-3-13-2-1-8(15)12-10(13)19-6-9(16)17/h1-2H,3-6H2,(H2,11,14)(H,16,17). The van der Waals surface area contributed by atoms with Crippen molar-refractivity contribution in [3.8, 4) is 0 Å². The van der Waals surface area contributed by atoms with E-state index in [0.29, 0.717) is 6.54 Å². The van der Waals surface area contributed by atoms with Crippen LogP contribution in [-0.2, 0) is 20.9 Å². The van der Waals surface area contributed by atoms with Gasteiger partial charge in [-0.3, -0.25) is 14.4 Å². The minimum Gasteiger partial charge on any atom is -0.481 e. The van der Waals surface area contributed by atoms with Crippen LogP contribution in [0.5, 0.6) is 0 Å². The van der Waals surface area contributed by atoms with Crippen molar-refractivity contribution >= 4 is 23.6 Å². The van der Waals surface area contributed by atoms with Crippen LogP contribution in [0.3, 0.4) is 0 Å². The van der Waals surface area contributed by atoms with Gasteiger partial charge in [-0.15, -0.1) is 0 Å². The van der Waals surface area contributed by atoms with Gasteiger partial charge in [0.05, 0.1) is 12.4 Å². The zero-order valence-corrected chi connectivity index (χ0v) is 10.8. The molecule has 1 heterocycles. The number of carboxylic acids is 1. The van der Waals surface area contributed by atoms with Crippen LogP contribution < -0.4 is 11.3 Å². The molecule has 1 rings (SSSR count). The van der Waals surface area contributed by atoms with Crippen molar-refractivity contribution in [1.82, 2.24) is 9.55 Å². The highest BCUT2D eigenvalue weighted by Crippen LogP contribution is 2.13. The highest BCUT2D eigenvalue weighted by atomic mass is 32.2. The van der Waals surface area contributed by atoms with Gasteiger partial charge in [0.25, 0.3) is 5.56 Å². The molecule has 0 aliphatic carbocycles. The number of nitrogens with two attached hydrogens (primary N) is 1. The summed E-state index contributed by atoms with van der Waals surface area (Å²) in [5.74, 6) is -1.77. The van der Waals surface area contributed by atoms with E-state index in [1.54, 1.807) is 4.57 Å². The quantitative estimate of drug-likeness (QED) is 0.354. The van der Waals surface area contributed by atoms with E-state index in [-0.39, 0.29) is 24.1 Å². The first-order valence-corrected chi connectivity index (χ1v) is 6.25. The molecule has 0 atom stereocenters. The van der Waals surface area contributed by atoms with Crippen LogP contribution in [0.2, 0.25) is 0 Å². The molecule has 1 aromatic rings. The molecule has 0 bridgehead atoms. The molecule has 0 radical (unpaired) electrons. The predicted molar refractivity (Wildman–Crippen MR) is 66.9 cm³/mol. The Kier molecular flexibility index (Phi) is 6.03. The maximum atomic E-state index is 11.1. The minimum absolute atomic E-state index is 0.189. The van der Waals surface area contributed by atoms with Gasteiger partial charge in [-0.1, -0.05) is 11.8 Å². The fraction of sp³-hybridized carbons (Fsp3) is 0.400. The third kappa shape index (κ3) is 6.02. The van der Waals surface area contributed by atoms with Gasteiger partial charge >= 0.3 is 5.97 Å². The van der Waals surface area contributed by atoms with Gasteiger partial charge in [0.15, 0.2) is 5.16 Å². The van der Waals surface area contributed by atoms with Gasteiger partial charge < -0.3 is 20.1 Å². The van der Waals surface area contributed by atoms with E-state index < -0.39 is 17.4 Å². The lowest BCUT2D eigenvalue weighted by atomic mass is 10.6. The zero-order valence-electron chi connectivity index (χ0n) is 9.94. The van der Waals surface area contributed by atoms with Crippen molar-refractivity contribution in [3.05, 3.63) is 22.6 Å². The Labute approximate surface area is 112 Å². The lowest BCUT2D eigenvalue weighted by molar-refractivity contribution is -0.134. The molecule has 3 N–H and O–H groups in total. The average Bonchev–Trinajstić information content (AvgIpc) is 2.33. The average molecular weight is 287 g/mol. The van der Waals surface area contributed by atoms with Crippen LogP contribution in [0, 0.1) is 0 Å². The summed E-state index contributed by atoms with van der Waals surface area (Å²) in [6.07, 6.45) is 1.49. The van der Waals surface area contributed by atoms with Crippen LogP contribution in [0.4, 0.5) is 0 Å². The smallest absolute Gasteiger partial charge is 0.313 e. The summed E-state index contributed by atoms with van der Waals surface area (Å²) >= 11 is 0.939. The molecule has 0 aromatic carbocycles. The Hall–Kier alpha value is -1.87. The second-order valence-corrected chi connectivity index (χ2v) is 4.39. The molecule has 0 aliphatic heterocycles. The molecule has 0 fully saturated rings. The van der Waals surface area contributed by atoms with Crippen molar-refractivity contribution in [2.45, 2.75) is 11.7 Å². The normalized spacial score (nSPS) is 10.3. The van der Waals surface area contributed by atoms with Gasteiger partial charge in [0, 0.05) is 18.8 Å². The summed E-state index contributed by atoms with van der Waals surface area (Å²) in [5.41, 5.74) is 4.47. The number of rotatable bonds is 8. The number of ether oxygens (including phenoxy) is 1. The summed E-state index contributed by atoms with van der Waals surface area (Å²) in [4.78, 5) is 35.8. The number of thioether (sulfide) groups is 1. The van der Waals surface area contributed by atoms with Crippen molar-refractivity contribution in [2.24, 2.45) is 5.73 Å². The molecule has 1 amide bonds. The van der Waals surface area contributed by atoms with E-state index >= 15 is 0 Å². The zero-order chi connectivity index (χ0) is 14.3. The number of hydrogen-bond donors (Lipinski definition) is 2. The van der Waals surface area contributed by atoms with Gasteiger partial charge in [0.1, 0.15) is 6.61 Å². The number of nitrogens with zero attached hydrogens (tertiary/aromatic N) is 2. The first-order chi connectivity index (χ1) is 8.99. The molecule has 0 saturated carbocycles. The largest absolute Gasteiger partial charge is 0.481 e. The number of amides is 1. The summed E-state index contributed by atoms with van der Waals surface area (Å²) in [5, 5.41) is 8.89. The van der Waals surface area contributed by atoms with Gasteiger partial charge in [-0.25, -0.2) is 0 Å². The van der Waals surface area contributed by atoms with E-state index in [9.17, 15) is 14.4 Å². The maximum absolute atomic E-state index is 11.1. The van der Waals surface area contributed by atoms with Gasteiger partial charge in [0.2, 0.25) is 5.91 Å². The molecular formula is C10H13N3O5S. The van der Waals surface area contributed by atoms with Crippen molar-refractivity contribution in [1.29, 1.82) is 0 Å². The van der Waals surface area contributed by atoms with Crippen molar-refractivity contribution < 1.29 is 19.4 Å². The first-order valence-electron chi connectivity index (χ1n) is 5.27. The fourth-order valence-electron chi connectivity index (χ4n) is 1.16. The van der Waals surface area contributed by atoms with E-state index in [1.165, 1.54) is 12.3 Å². The number of carboxylic acid groups (broad SMARTS) is 1. The molecule has 9 heteroatoms. The Bertz CT molecular complexity index is 516.